The Hall–Kier alpha value is -2.01. The van der Waals surface area contributed by atoms with E-state index < -0.39 is 0 Å². The molecule has 0 spiro atoms. The highest BCUT2D eigenvalue weighted by Crippen LogP contribution is 2.36. The summed E-state index contributed by atoms with van der Waals surface area (Å²) >= 11 is 0. The lowest BCUT2D eigenvalue weighted by Crippen LogP contribution is -2.08. The summed E-state index contributed by atoms with van der Waals surface area (Å²) in [6.45, 7) is 0. The van der Waals surface area contributed by atoms with Crippen molar-refractivity contribution in [3.63, 3.8) is 0 Å². The van der Waals surface area contributed by atoms with E-state index in [1.54, 1.807) is 0 Å². The van der Waals surface area contributed by atoms with E-state index in [4.69, 9.17) is 5.26 Å². The maximum Gasteiger partial charge on any atom is 0.120 e. The van der Waals surface area contributed by atoms with Crippen molar-refractivity contribution in [2.45, 2.75) is 25.2 Å². The van der Waals surface area contributed by atoms with Gasteiger partial charge in [0.2, 0.25) is 0 Å². The third-order valence-electron chi connectivity index (χ3n) is 4.02. The Morgan fingerprint density at radius 3 is 2.33 bits per heavy atom. The summed E-state index contributed by atoms with van der Waals surface area (Å²) in [6, 6.07) is 14.9. The number of hydrogen-bond acceptors (Lipinski definition) is 1. The first kappa shape index (κ1) is 11.1. The van der Waals surface area contributed by atoms with Gasteiger partial charge in [-0.2, -0.15) is 5.26 Å². The summed E-state index contributed by atoms with van der Waals surface area (Å²) in [5.41, 5.74) is 4.45. The number of nitriles is 1. The molecule has 1 aliphatic carbocycles. The van der Waals surface area contributed by atoms with Crippen LogP contribution in [0.5, 0.6) is 0 Å². The average molecular weight is 236 g/mol. The Bertz CT molecular complexity index is 595. The lowest BCUT2D eigenvalue weighted by atomic mass is 9.80. The maximum absolute atomic E-state index is 8.96. The molecule has 0 amide bonds. The second-order valence-corrected chi connectivity index (χ2v) is 5.02. The predicted molar refractivity (Wildman–Crippen MR) is 72.2 cm³/mol. The quantitative estimate of drug-likeness (QED) is 0.779. The molecule has 1 aromatic heterocycles. The van der Waals surface area contributed by atoms with Crippen molar-refractivity contribution in [2.24, 2.45) is 7.05 Å². The first-order valence-electron chi connectivity index (χ1n) is 6.46. The molecule has 2 nitrogen and oxygen atoms in total. The molecule has 2 aromatic rings. The van der Waals surface area contributed by atoms with Gasteiger partial charge in [0.15, 0.2) is 0 Å². The minimum absolute atomic E-state index is 0.702. The van der Waals surface area contributed by atoms with Gasteiger partial charge in [-0.25, -0.2) is 0 Å². The topological polar surface area (TPSA) is 28.7 Å². The van der Waals surface area contributed by atoms with Crippen LogP contribution in [0, 0.1) is 11.3 Å². The Morgan fingerprint density at radius 2 is 1.83 bits per heavy atom. The highest BCUT2D eigenvalue weighted by molar-refractivity contribution is 5.62. The van der Waals surface area contributed by atoms with Crippen molar-refractivity contribution < 1.29 is 0 Å². The number of benzene rings is 1. The second-order valence-electron chi connectivity index (χ2n) is 5.02. The number of nitrogens with zero attached hydrogens (tertiary/aromatic N) is 2. The summed E-state index contributed by atoms with van der Waals surface area (Å²) in [7, 11) is 1.94. The van der Waals surface area contributed by atoms with Crippen LogP contribution in [-0.4, -0.2) is 4.57 Å². The minimum atomic E-state index is 0.702. The van der Waals surface area contributed by atoms with Crippen molar-refractivity contribution in [3.8, 4) is 17.3 Å². The molecule has 18 heavy (non-hydrogen) atoms. The molecular weight excluding hydrogens is 220 g/mol. The molecule has 0 atom stereocenters. The molecule has 1 heterocycles. The fourth-order valence-electron chi connectivity index (χ4n) is 2.58. The van der Waals surface area contributed by atoms with Crippen LogP contribution in [0.3, 0.4) is 0 Å². The molecule has 0 N–H and O–H groups in total. The van der Waals surface area contributed by atoms with Crippen LogP contribution in [0.2, 0.25) is 0 Å². The molecule has 1 saturated carbocycles. The van der Waals surface area contributed by atoms with Crippen LogP contribution >= 0.6 is 0 Å². The van der Waals surface area contributed by atoms with Crippen molar-refractivity contribution in [2.75, 3.05) is 0 Å². The van der Waals surface area contributed by atoms with Crippen molar-refractivity contribution in [3.05, 3.63) is 47.7 Å². The molecule has 90 valence electrons. The molecule has 0 saturated heterocycles. The zero-order valence-electron chi connectivity index (χ0n) is 10.6. The number of aromatic nitrogens is 1. The van der Waals surface area contributed by atoms with Crippen LogP contribution in [0.1, 0.15) is 36.4 Å². The first-order valence-corrected chi connectivity index (χ1v) is 6.46. The molecule has 0 aliphatic heterocycles. The summed E-state index contributed by atoms with van der Waals surface area (Å²) in [5.74, 6) is 0.780. The monoisotopic (exact) mass is 236 g/mol. The van der Waals surface area contributed by atoms with E-state index in [2.05, 4.69) is 30.3 Å². The van der Waals surface area contributed by atoms with Gasteiger partial charge in [-0.3, -0.25) is 0 Å². The average Bonchev–Trinajstić information content (AvgIpc) is 2.69. The molecular formula is C16H16N2. The van der Waals surface area contributed by atoms with E-state index in [0.717, 1.165) is 11.6 Å². The van der Waals surface area contributed by atoms with Crippen molar-refractivity contribution in [1.82, 2.24) is 4.57 Å². The van der Waals surface area contributed by atoms with Gasteiger partial charge in [-0.05, 0) is 42.0 Å². The van der Waals surface area contributed by atoms with Gasteiger partial charge in [0.05, 0.1) is 0 Å². The van der Waals surface area contributed by atoms with Gasteiger partial charge < -0.3 is 4.57 Å². The highest BCUT2D eigenvalue weighted by atomic mass is 15.0. The van der Waals surface area contributed by atoms with E-state index in [9.17, 15) is 0 Å². The molecule has 1 aromatic carbocycles. The van der Waals surface area contributed by atoms with Gasteiger partial charge in [0.25, 0.3) is 0 Å². The Morgan fingerprint density at radius 1 is 1.11 bits per heavy atom. The summed E-state index contributed by atoms with van der Waals surface area (Å²) < 4.78 is 1.94. The fraction of sp³-hybridized carbons (Fsp3) is 0.312. The SMILES string of the molecule is Cn1c(C#N)ccc1-c1ccc(C2CCC2)cc1. The van der Waals surface area contributed by atoms with E-state index >= 15 is 0 Å². The normalized spacial score (nSPS) is 15.1. The van der Waals surface area contributed by atoms with Crippen LogP contribution < -0.4 is 0 Å². The minimum Gasteiger partial charge on any atom is -0.335 e. The van der Waals surface area contributed by atoms with Crippen LogP contribution in [0.25, 0.3) is 11.3 Å². The third-order valence-corrected chi connectivity index (χ3v) is 4.02. The lowest BCUT2D eigenvalue weighted by Gasteiger charge is -2.25. The van der Waals surface area contributed by atoms with Crippen molar-refractivity contribution in [1.29, 1.82) is 5.26 Å². The van der Waals surface area contributed by atoms with E-state index in [0.29, 0.717) is 5.69 Å². The summed E-state index contributed by atoms with van der Waals surface area (Å²) in [5, 5.41) is 8.96. The van der Waals surface area contributed by atoms with Gasteiger partial charge in [-0.15, -0.1) is 0 Å². The maximum atomic E-state index is 8.96. The third kappa shape index (κ3) is 1.73. The highest BCUT2D eigenvalue weighted by Gasteiger charge is 2.19. The standard InChI is InChI=1S/C16H16N2/c1-18-15(11-17)9-10-16(18)14-7-5-13(6-8-14)12-3-2-4-12/h5-10,12H,2-4H2,1H3. The van der Waals surface area contributed by atoms with Crippen molar-refractivity contribution >= 4 is 0 Å². The van der Waals surface area contributed by atoms with Gasteiger partial charge in [-0.1, -0.05) is 30.7 Å². The van der Waals surface area contributed by atoms with Crippen LogP contribution in [0.15, 0.2) is 36.4 Å². The molecule has 0 radical (unpaired) electrons. The Kier molecular flexibility index (Phi) is 2.68. The molecule has 1 aliphatic rings. The molecule has 3 rings (SSSR count). The predicted octanol–water partition coefficient (Wildman–Crippen LogP) is 3.83. The second kappa shape index (κ2) is 4.34. The number of hydrogen-bond donors (Lipinski definition) is 0. The van der Waals surface area contributed by atoms with Crippen LogP contribution in [0.4, 0.5) is 0 Å². The Balaban J connectivity index is 1.92. The molecule has 0 bridgehead atoms. The number of rotatable bonds is 2. The first-order chi connectivity index (χ1) is 8.79. The molecule has 1 fully saturated rings. The summed E-state index contributed by atoms with van der Waals surface area (Å²) in [6.07, 6.45) is 4.04. The van der Waals surface area contributed by atoms with Gasteiger partial charge >= 0.3 is 0 Å². The zero-order valence-corrected chi connectivity index (χ0v) is 10.6. The lowest BCUT2D eigenvalue weighted by molar-refractivity contribution is 0.420. The van der Waals surface area contributed by atoms with Gasteiger partial charge in [0, 0.05) is 12.7 Å². The van der Waals surface area contributed by atoms with Crippen LogP contribution in [-0.2, 0) is 7.05 Å². The van der Waals surface area contributed by atoms with E-state index in [-0.39, 0.29) is 0 Å². The van der Waals surface area contributed by atoms with E-state index in [1.165, 1.54) is 30.4 Å². The Labute approximate surface area is 107 Å². The summed E-state index contributed by atoms with van der Waals surface area (Å²) in [4.78, 5) is 0. The fourth-order valence-corrected chi connectivity index (χ4v) is 2.58. The zero-order chi connectivity index (χ0) is 12.5. The smallest absolute Gasteiger partial charge is 0.120 e. The molecule has 0 unspecified atom stereocenters. The van der Waals surface area contributed by atoms with E-state index in [1.807, 2.05) is 23.7 Å². The molecule has 2 heteroatoms. The van der Waals surface area contributed by atoms with Gasteiger partial charge in [0.1, 0.15) is 11.8 Å². The largest absolute Gasteiger partial charge is 0.335 e.